The third-order valence-electron chi connectivity index (χ3n) is 5.72. The summed E-state index contributed by atoms with van der Waals surface area (Å²) < 4.78 is 1.83. The molecule has 2 aromatic carbocycles. The molecule has 0 spiro atoms. The van der Waals surface area contributed by atoms with Gasteiger partial charge in [0, 0.05) is 25.7 Å². The third-order valence-corrected chi connectivity index (χ3v) is 5.72. The van der Waals surface area contributed by atoms with Gasteiger partial charge in [0.2, 0.25) is 0 Å². The summed E-state index contributed by atoms with van der Waals surface area (Å²) in [5, 5.41) is 4.15. The molecule has 2 heterocycles. The Hall–Kier alpha value is -2.50. The molecule has 0 saturated carbocycles. The minimum atomic E-state index is 0.00239. The summed E-state index contributed by atoms with van der Waals surface area (Å²) in [6, 6.07) is 14.3. The Bertz CT molecular complexity index is 1070. The second kappa shape index (κ2) is 7.49. The second-order valence-corrected chi connectivity index (χ2v) is 7.94. The topological polar surface area (TPSA) is 50.2 Å². The fourth-order valence-electron chi connectivity index (χ4n) is 4.20. The van der Waals surface area contributed by atoms with Crippen LogP contribution >= 0.6 is 0 Å². The van der Waals surface area contributed by atoms with Crippen molar-refractivity contribution in [2.24, 2.45) is 0 Å². The lowest BCUT2D eigenvalue weighted by atomic mass is 10.1. The summed E-state index contributed by atoms with van der Waals surface area (Å²) in [4.78, 5) is 20.9. The van der Waals surface area contributed by atoms with E-state index >= 15 is 0 Å². The average molecular weight is 377 g/mol. The maximum Gasteiger partial charge on any atom is 0.266 e. The average Bonchev–Trinajstić information content (AvgIpc) is 2.68. The van der Waals surface area contributed by atoms with Crippen LogP contribution in [0.4, 0.5) is 0 Å². The number of benzene rings is 2. The number of para-hydroxylation sites is 1. The van der Waals surface area contributed by atoms with Gasteiger partial charge in [-0.05, 0) is 51.5 Å². The molecule has 0 bridgehead atoms. The molecule has 0 radical (unpaired) electrons. The molecular formula is C23H28N4O. The van der Waals surface area contributed by atoms with Crippen LogP contribution in [0.25, 0.3) is 16.6 Å². The minimum Gasteiger partial charge on any atom is -0.312 e. The van der Waals surface area contributed by atoms with Crippen molar-refractivity contribution in [3.8, 4) is 5.69 Å². The standard InChI is InChI=1S/C23H28N4O/c1-15-9-10-21(16(2)13-15)27-22(18(4)26-12-11-24-17(3)14-26)25-20-8-6-5-7-19(20)23(27)28/h5-10,13,17-18,24H,11-12,14H2,1-4H3. The number of nitrogens with zero attached hydrogens (tertiary/aromatic N) is 3. The molecule has 1 aromatic heterocycles. The van der Waals surface area contributed by atoms with Crippen molar-refractivity contribution in [3.05, 3.63) is 69.8 Å². The maximum absolute atomic E-state index is 13.5. The van der Waals surface area contributed by atoms with Crippen LogP contribution in [0, 0.1) is 13.8 Å². The molecule has 0 aliphatic carbocycles. The largest absolute Gasteiger partial charge is 0.312 e. The van der Waals surface area contributed by atoms with Crippen LogP contribution in [0.1, 0.15) is 36.8 Å². The Balaban J connectivity index is 1.94. The highest BCUT2D eigenvalue weighted by Crippen LogP contribution is 2.25. The van der Waals surface area contributed by atoms with Crippen molar-refractivity contribution in [1.82, 2.24) is 19.8 Å². The van der Waals surface area contributed by atoms with Gasteiger partial charge >= 0.3 is 0 Å². The van der Waals surface area contributed by atoms with Gasteiger partial charge in [-0.2, -0.15) is 0 Å². The maximum atomic E-state index is 13.5. The Morgan fingerprint density at radius 2 is 1.96 bits per heavy atom. The van der Waals surface area contributed by atoms with Crippen molar-refractivity contribution in [2.45, 2.75) is 39.8 Å². The molecule has 3 aromatic rings. The van der Waals surface area contributed by atoms with Gasteiger partial charge in [0.1, 0.15) is 5.82 Å². The summed E-state index contributed by atoms with van der Waals surface area (Å²) in [5.41, 5.74) is 3.95. The molecule has 1 aliphatic heterocycles. The van der Waals surface area contributed by atoms with E-state index in [0.29, 0.717) is 11.4 Å². The van der Waals surface area contributed by atoms with Crippen LogP contribution in [0.15, 0.2) is 47.3 Å². The zero-order valence-corrected chi connectivity index (χ0v) is 17.1. The summed E-state index contributed by atoms with van der Waals surface area (Å²) in [6.07, 6.45) is 0. The number of aromatic nitrogens is 2. The van der Waals surface area contributed by atoms with Gasteiger partial charge in [-0.15, -0.1) is 0 Å². The molecule has 1 fully saturated rings. The van der Waals surface area contributed by atoms with Crippen LogP contribution in [-0.4, -0.2) is 40.1 Å². The first-order chi connectivity index (χ1) is 13.5. The van der Waals surface area contributed by atoms with Crippen molar-refractivity contribution < 1.29 is 0 Å². The van der Waals surface area contributed by atoms with E-state index in [4.69, 9.17) is 4.98 Å². The number of nitrogens with one attached hydrogen (secondary N) is 1. The fraction of sp³-hybridized carbons (Fsp3) is 0.391. The first kappa shape index (κ1) is 18.8. The number of hydrogen-bond donors (Lipinski definition) is 1. The van der Waals surface area contributed by atoms with Crippen molar-refractivity contribution in [2.75, 3.05) is 19.6 Å². The van der Waals surface area contributed by atoms with Crippen LogP contribution in [-0.2, 0) is 0 Å². The molecule has 1 N–H and O–H groups in total. The van der Waals surface area contributed by atoms with Crippen molar-refractivity contribution >= 4 is 10.9 Å². The SMILES string of the molecule is Cc1ccc(-n2c(C(C)N3CCNC(C)C3)nc3ccccc3c2=O)c(C)c1. The highest BCUT2D eigenvalue weighted by atomic mass is 16.1. The number of hydrogen-bond acceptors (Lipinski definition) is 4. The number of fused-ring (bicyclic) bond motifs is 1. The van der Waals surface area contributed by atoms with E-state index in [-0.39, 0.29) is 11.6 Å². The van der Waals surface area contributed by atoms with Crippen molar-refractivity contribution in [1.29, 1.82) is 0 Å². The summed E-state index contributed by atoms with van der Waals surface area (Å²) in [5.74, 6) is 0.810. The van der Waals surface area contributed by atoms with Gasteiger partial charge in [0.15, 0.2) is 0 Å². The van der Waals surface area contributed by atoms with E-state index in [1.54, 1.807) is 0 Å². The van der Waals surface area contributed by atoms with Crippen molar-refractivity contribution in [3.63, 3.8) is 0 Å². The Kier molecular flexibility index (Phi) is 5.04. The second-order valence-electron chi connectivity index (χ2n) is 7.94. The molecule has 5 heteroatoms. The lowest BCUT2D eigenvalue weighted by Crippen LogP contribution is -2.50. The first-order valence-corrected chi connectivity index (χ1v) is 10.0. The van der Waals surface area contributed by atoms with Crippen LogP contribution < -0.4 is 10.9 Å². The number of aryl methyl sites for hydroxylation is 2. The van der Waals surface area contributed by atoms with E-state index in [1.807, 2.05) is 34.9 Å². The first-order valence-electron chi connectivity index (χ1n) is 10.0. The molecule has 4 rings (SSSR count). The smallest absolute Gasteiger partial charge is 0.266 e. The van der Waals surface area contributed by atoms with Crippen LogP contribution in [0.5, 0.6) is 0 Å². The Labute approximate surface area is 166 Å². The minimum absolute atomic E-state index is 0.00239. The van der Waals surface area contributed by atoms with Crippen LogP contribution in [0.3, 0.4) is 0 Å². The van der Waals surface area contributed by atoms with E-state index in [9.17, 15) is 4.79 Å². The van der Waals surface area contributed by atoms with E-state index < -0.39 is 0 Å². The third kappa shape index (κ3) is 3.36. The quantitative estimate of drug-likeness (QED) is 0.762. The zero-order chi connectivity index (χ0) is 19.8. The number of rotatable bonds is 3. The molecule has 5 nitrogen and oxygen atoms in total. The van der Waals surface area contributed by atoms with Crippen LogP contribution in [0.2, 0.25) is 0 Å². The monoisotopic (exact) mass is 376 g/mol. The molecule has 28 heavy (non-hydrogen) atoms. The van der Waals surface area contributed by atoms with Gasteiger partial charge in [0.25, 0.3) is 5.56 Å². The highest BCUT2D eigenvalue weighted by Gasteiger charge is 2.26. The molecule has 146 valence electrons. The molecule has 0 amide bonds. The van der Waals surface area contributed by atoms with Gasteiger partial charge in [-0.25, -0.2) is 4.98 Å². The zero-order valence-electron chi connectivity index (χ0n) is 17.1. The van der Waals surface area contributed by atoms with E-state index in [1.165, 1.54) is 5.56 Å². The molecule has 2 unspecified atom stereocenters. The van der Waals surface area contributed by atoms with Gasteiger partial charge in [-0.1, -0.05) is 29.8 Å². The fourth-order valence-corrected chi connectivity index (χ4v) is 4.20. The molecule has 2 atom stereocenters. The molecular weight excluding hydrogens is 348 g/mol. The highest BCUT2D eigenvalue weighted by molar-refractivity contribution is 5.78. The lowest BCUT2D eigenvalue weighted by molar-refractivity contribution is 0.152. The normalized spacial score (nSPS) is 19.1. The Morgan fingerprint density at radius 3 is 2.71 bits per heavy atom. The number of piperazine rings is 1. The summed E-state index contributed by atoms with van der Waals surface area (Å²) in [6.45, 7) is 11.3. The van der Waals surface area contributed by atoms with E-state index in [2.05, 4.69) is 50.0 Å². The predicted octanol–water partition coefficient (Wildman–Crippen LogP) is 3.36. The van der Waals surface area contributed by atoms with Gasteiger partial charge in [0.05, 0.1) is 22.6 Å². The lowest BCUT2D eigenvalue weighted by Gasteiger charge is -2.36. The summed E-state index contributed by atoms with van der Waals surface area (Å²) in [7, 11) is 0. The molecule has 1 saturated heterocycles. The van der Waals surface area contributed by atoms with Gasteiger partial charge in [-0.3, -0.25) is 14.3 Å². The van der Waals surface area contributed by atoms with Gasteiger partial charge < -0.3 is 5.32 Å². The Morgan fingerprint density at radius 1 is 1.18 bits per heavy atom. The predicted molar refractivity (Wildman–Crippen MR) is 114 cm³/mol. The molecule has 1 aliphatic rings. The van der Waals surface area contributed by atoms with E-state index in [0.717, 1.165) is 42.2 Å². The summed E-state index contributed by atoms with van der Waals surface area (Å²) >= 11 is 0.